The summed E-state index contributed by atoms with van der Waals surface area (Å²) in [5, 5.41) is 1.21. The van der Waals surface area contributed by atoms with Crippen molar-refractivity contribution in [1.29, 1.82) is 0 Å². The fourth-order valence-electron chi connectivity index (χ4n) is 2.52. The molecule has 0 saturated carbocycles. The van der Waals surface area contributed by atoms with Gasteiger partial charge in [0.1, 0.15) is 0 Å². The molecule has 1 amide bonds. The Morgan fingerprint density at radius 2 is 1.81 bits per heavy atom. The van der Waals surface area contributed by atoms with Crippen molar-refractivity contribution in [2.24, 2.45) is 0 Å². The highest BCUT2D eigenvalue weighted by Gasteiger charge is 2.27. The second kappa shape index (κ2) is 10.5. The van der Waals surface area contributed by atoms with Gasteiger partial charge in [-0.25, -0.2) is 8.42 Å². The molecule has 1 heterocycles. The van der Waals surface area contributed by atoms with Gasteiger partial charge >= 0.3 is 5.97 Å². The number of ether oxygens (including phenoxy) is 1. The molecule has 0 spiro atoms. The normalized spacial score (nSPS) is 15.8. The van der Waals surface area contributed by atoms with Gasteiger partial charge in [-0.15, -0.1) is 0 Å². The minimum Gasteiger partial charge on any atom is -0.469 e. The maximum Gasteiger partial charge on any atom is 0.306 e. The fraction of sp³-hybridized carbons (Fsp3) is 0.444. The first-order valence-corrected chi connectivity index (χ1v) is 11.2. The number of benzene rings is 1. The van der Waals surface area contributed by atoms with E-state index in [1.54, 1.807) is 11.0 Å². The zero-order valence-corrected chi connectivity index (χ0v) is 16.9. The zero-order valence-electron chi connectivity index (χ0n) is 15.2. The van der Waals surface area contributed by atoms with E-state index in [4.69, 9.17) is 0 Å². The molecule has 7 nitrogen and oxygen atoms in total. The fourth-order valence-corrected chi connectivity index (χ4v) is 4.50. The lowest BCUT2D eigenvalue weighted by molar-refractivity contribution is -0.140. The molecule has 2 rings (SSSR count). The number of carbonyl (C=O) groups excluding carboxylic acids is 2. The van der Waals surface area contributed by atoms with Crippen LogP contribution in [0.25, 0.3) is 6.08 Å². The van der Waals surface area contributed by atoms with E-state index in [2.05, 4.69) is 4.74 Å². The first kappa shape index (κ1) is 21.5. The number of methoxy groups -OCH3 is 1. The van der Waals surface area contributed by atoms with Gasteiger partial charge in [-0.2, -0.15) is 16.1 Å². The van der Waals surface area contributed by atoms with Crippen LogP contribution in [-0.2, 0) is 24.3 Å². The Hall–Kier alpha value is -1.84. The Balaban J connectivity index is 1.77. The van der Waals surface area contributed by atoms with E-state index in [0.717, 1.165) is 5.56 Å². The number of amides is 1. The van der Waals surface area contributed by atoms with Crippen LogP contribution in [0.3, 0.4) is 0 Å². The monoisotopic (exact) mass is 412 g/mol. The van der Waals surface area contributed by atoms with Crippen LogP contribution in [0.15, 0.2) is 35.7 Å². The van der Waals surface area contributed by atoms with Crippen molar-refractivity contribution in [2.75, 3.05) is 44.8 Å². The number of nitrogens with zero attached hydrogens (tertiary/aromatic N) is 2. The van der Waals surface area contributed by atoms with Crippen LogP contribution >= 0.6 is 11.8 Å². The summed E-state index contributed by atoms with van der Waals surface area (Å²) in [4.78, 5) is 24.9. The maximum absolute atomic E-state index is 12.4. The SMILES string of the molecule is COC(=O)CCSCC(=O)N1CCN(S(=O)(=O)/C=C/c2ccccc2)CC1. The number of sulfonamides is 1. The largest absolute Gasteiger partial charge is 0.469 e. The van der Waals surface area contributed by atoms with E-state index in [9.17, 15) is 18.0 Å². The molecule has 148 valence electrons. The van der Waals surface area contributed by atoms with Crippen molar-refractivity contribution in [3.63, 3.8) is 0 Å². The standard InChI is InChI=1S/C18H24N2O5S2/c1-25-18(22)7-13-26-15-17(21)19-9-11-20(12-10-19)27(23,24)14-8-16-5-3-2-4-6-16/h2-6,8,14H,7,9-13,15H2,1H3/b14-8+. The van der Waals surface area contributed by atoms with Crippen LogP contribution < -0.4 is 0 Å². The summed E-state index contributed by atoms with van der Waals surface area (Å²) in [5.41, 5.74) is 0.818. The molecule has 0 bridgehead atoms. The first-order valence-electron chi connectivity index (χ1n) is 8.58. The van der Waals surface area contributed by atoms with Crippen LogP contribution in [0.4, 0.5) is 0 Å². The summed E-state index contributed by atoms with van der Waals surface area (Å²) in [5.74, 6) is 0.466. The first-order chi connectivity index (χ1) is 12.9. The Bertz CT molecular complexity index is 757. The van der Waals surface area contributed by atoms with Crippen molar-refractivity contribution >= 4 is 39.7 Å². The molecule has 0 aliphatic carbocycles. The second-order valence-corrected chi connectivity index (χ2v) is 8.84. The highest BCUT2D eigenvalue weighted by Crippen LogP contribution is 2.13. The van der Waals surface area contributed by atoms with Crippen molar-refractivity contribution in [3.05, 3.63) is 41.3 Å². The van der Waals surface area contributed by atoms with Crippen LogP contribution in [0.5, 0.6) is 0 Å². The Morgan fingerprint density at radius 1 is 1.15 bits per heavy atom. The van der Waals surface area contributed by atoms with Gasteiger partial charge in [0.2, 0.25) is 15.9 Å². The molecular formula is C18H24N2O5S2. The highest BCUT2D eigenvalue weighted by atomic mass is 32.2. The molecule has 9 heteroatoms. The molecule has 0 atom stereocenters. The van der Waals surface area contributed by atoms with Gasteiger partial charge in [-0.05, 0) is 11.6 Å². The number of hydrogen-bond acceptors (Lipinski definition) is 6. The summed E-state index contributed by atoms with van der Waals surface area (Å²) in [6.45, 7) is 1.30. The van der Waals surface area contributed by atoms with E-state index in [1.165, 1.54) is 28.6 Å². The second-order valence-electron chi connectivity index (χ2n) is 5.92. The van der Waals surface area contributed by atoms with Gasteiger partial charge in [-0.1, -0.05) is 30.3 Å². The van der Waals surface area contributed by atoms with E-state index < -0.39 is 10.0 Å². The van der Waals surface area contributed by atoms with E-state index in [0.29, 0.717) is 18.8 Å². The molecule has 0 radical (unpaired) electrons. The predicted octanol–water partition coefficient (Wildman–Crippen LogP) is 1.43. The van der Waals surface area contributed by atoms with Crippen LogP contribution in [0.1, 0.15) is 12.0 Å². The van der Waals surface area contributed by atoms with Gasteiger partial charge in [0.15, 0.2) is 0 Å². The average Bonchev–Trinajstić information content (AvgIpc) is 2.70. The minimum atomic E-state index is -3.51. The molecule has 27 heavy (non-hydrogen) atoms. The summed E-state index contributed by atoms with van der Waals surface area (Å²) < 4.78 is 30.8. The maximum atomic E-state index is 12.4. The highest BCUT2D eigenvalue weighted by molar-refractivity contribution is 7.99. The smallest absolute Gasteiger partial charge is 0.306 e. The van der Waals surface area contributed by atoms with Gasteiger partial charge in [0.25, 0.3) is 0 Å². The third-order valence-electron chi connectivity index (χ3n) is 4.09. The van der Waals surface area contributed by atoms with Crippen LogP contribution in [-0.4, -0.2) is 74.3 Å². The topological polar surface area (TPSA) is 84.0 Å². The predicted molar refractivity (Wildman–Crippen MR) is 107 cm³/mol. The van der Waals surface area contributed by atoms with Gasteiger partial charge in [-0.3, -0.25) is 9.59 Å². The van der Waals surface area contributed by atoms with Gasteiger partial charge in [0, 0.05) is 37.3 Å². The summed E-state index contributed by atoms with van der Waals surface area (Å²) >= 11 is 1.38. The lowest BCUT2D eigenvalue weighted by Crippen LogP contribution is -2.50. The molecule has 1 fully saturated rings. The van der Waals surface area contributed by atoms with Gasteiger partial charge in [0.05, 0.1) is 19.3 Å². The summed E-state index contributed by atoms with van der Waals surface area (Å²) in [6, 6.07) is 9.23. The number of hydrogen-bond donors (Lipinski definition) is 0. The molecule has 0 unspecified atom stereocenters. The van der Waals surface area contributed by atoms with E-state index in [1.807, 2.05) is 30.3 Å². The van der Waals surface area contributed by atoms with Crippen LogP contribution in [0, 0.1) is 0 Å². The molecule has 1 aliphatic heterocycles. The molecule has 1 saturated heterocycles. The number of rotatable bonds is 8. The molecule has 1 aliphatic rings. The zero-order chi connectivity index (χ0) is 19.7. The van der Waals surface area contributed by atoms with Crippen LogP contribution in [0.2, 0.25) is 0 Å². The average molecular weight is 413 g/mol. The number of piperazine rings is 1. The lowest BCUT2D eigenvalue weighted by Gasteiger charge is -2.33. The molecule has 0 aromatic heterocycles. The third-order valence-corrected chi connectivity index (χ3v) is 6.60. The van der Waals surface area contributed by atoms with Crippen molar-refractivity contribution in [2.45, 2.75) is 6.42 Å². The Morgan fingerprint density at radius 3 is 2.44 bits per heavy atom. The third kappa shape index (κ3) is 7.00. The lowest BCUT2D eigenvalue weighted by atomic mass is 10.2. The molecule has 1 aromatic carbocycles. The van der Waals surface area contributed by atoms with Crippen molar-refractivity contribution in [1.82, 2.24) is 9.21 Å². The number of carbonyl (C=O) groups is 2. The molecule has 1 aromatic rings. The molecular weight excluding hydrogens is 388 g/mol. The number of esters is 1. The Kier molecular flexibility index (Phi) is 8.33. The van der Waals surface area contributed by atoms with E-state index >= 15 is 0 Å². The van der Waals surface area contributed by atoms with Crippen molar-refractivity contribution < 1.29 is 22.7 Å². The minimum absolute atomic E-state index is 0.0401. The summed E-state index contributed by atoms with van der Waals surface area (Å²) in [7, 11) is -2.17. The quantitative estimate of drug-likeness (QED) is 0.474. The number of thioether (sulfide) groups is 1. The summed E-state index contributed by atoms with van der Waals surface area (Å²) in [6.07, 6.45) is 1.85. The van der Waals surface area contributed by atoms with E-state index in [-0.39, 0.29) is 37.1 Å². The Labute approximate surface area is 164 Å². The van der Waals surface area contributed by atoms with Gasteiger partial charge < -0.3 is 9.64 Å². The molecule has 0 N–H and O–H groups in total. The van der Waals surface area contributed by atoms with Crippen molar-refractivity contribution in [3.8, 4) is 0 Å².